The van der Waals surface area contributed by atoms with Crippen molar-refractivity contribution in [1.82, 2.24) is 0 Å². The lowest BCUT2D eigenvalue weighted by atomic mass is 10.3. The summed E-state index contributed by atoms with van der Waals surface area (Å²) in [6.45, 7) is 7.38. The van der Waals surface area contributed by atoms with Crippen LogP contribution in [0.3, 0.4) is 0 Å². The van der Waals surface area contributed by atoms with Crippen LogP contribution in [-0.2, 0) is 9.47 Å². The Balaban J connectivity index is 0.000000173. The highest BCUT2D eigenvalue weighted by atomic mass is 35.5. The van der Waals surface area contributed by atoms with Crippen molar-refractivity contribution in [2.45, 2.75) is 26.1 Å². The summed E-state index contributed by atoms with van der Waals surface area (Å²) >= 11 is 5.27. The summed E-state index contributed by atoms with van der Waals surface area (Å²) in [4.78, 5) is 0. The van der Waals surface area contributed by atoms with E-state index in [0.717, 1.165) is 24.7 Å². The maximum atomic E-state index is 9.12. The van der Waals surface area contributed by atoms with Gasteiger partial charge in [0.05, 0.1) is 38.4 Å². The second-order valence-electron chi connectivity index (χ2n) is 6.16. The van der Waals surface area contributed by atoms with Gasteiger partial charge in [-0.25, -0.2) is 0 Å². The van der Waals surface area contributed by atoms with E-state index in [1.54, 1.807) is 18.2 Å². The summed E-state index contributed by atoms with van der Waals surface area (Å²) < 4.78 is 25.9. The number of phenols is 1. The summed E-state index contributed by atoms with van der Waals surface area (Å²) in [5.74, 6) is 3.01. The fourth-order valence-corrected chi connectivity index (χ4v) is 2.26. The van der Waals surface area contributed by atoms with Crippen molar-refractivity contribution in [3.63, 3.8) is 0 Å². The van der Waals surface area contributed by atoms with Gasteiger partial charge < -0.3 is 28.8 Å². The molecule has 2 saturated heterocycles. The van der Waals surface area contributed by atoms with Gasteiger partial charge in [0.15, 0.2) is 23.0 Å². The third kappa shape index (κ3) is 9.74. The molecule has 2 fully saturated rings. The molecule has 0 bridgehead atoms. The number of halogens is 1. The zero-order valence-corrected chi connectivity index (χ0v) is 17.6. The molecule has 29 heavy (non-hydrogen) atoms. The number of hydrogen-bond acceptors (Lipinski definition) is 6. The largest absolute Gasteiger partial charge is 0.504 e. The van der Waals surface area contributed by atoms with Crippen molar-refractivity contribution in [2.75, 3.05) is 38.9 Å². The molecule has 2 unspecified atom stereocenters. The molecule has 2 atom stereocenters. The highest BCUT2D eigenvalue weighted by Crippen LogP contribution is 2.27. The number of para-hydroxylation sites is 4. The van der Waals surface area contributed by atoms with E-state index in [2.05, 4.69) is 0 Å². The van der Waals surface area contributed by atoms with Crippen molar-refractivity contribution in [1.29, 1.82) is 0 Å². The number of aromatic hydroxyl groups is 1. The first-order chi connectivity index (χ1) is 14.2. The summed E-state index contributed by atoms with van der Waals surface area (Å²) in [5.41, 5.74) is 0. The molecule has 0 amide bonds. The van der Waals surface area contributed by atoms with E-state index in [1.807, 2.05) is 44.2 Å². The third-order valence-corrected chi connectivity index (χ3v) is 4.06. The van der Waals surface area contributed by atoms with Crippen LogP contribution in [-0.4, -0.2) is 56.2 Å². The van der Waals surface area contributed by atoms with Crippen LogP contribution in [0.25, 0.3) is 0 Å². The van der Waals surface area contributed by atoms with Gasteiger partial charge in [-0.1, -0.05) is 24.3 Å². The zero-order chi connectivity index (χ0) is 20.9. The van der Waals surface area contributed by atoms with Crippen molar-refractivity contribution in [3.05, 3.63) is 48.5 Å². The molecule has 2 aliphatic heterocycles. The Bertz CT molecular complexity index is 703. The summed E-state index contributed by atoms with van der Waals surface area (Å²) in [6, 6.07) is 14.6. The molecule has 2 aromatic carbocycles. The van der Waals surface area contributed by atoms with E-state index in [0.29, 0.717) is 37.6 Å². The van der Waals surface area contributed by atoms with Gasteiger partial charge in [0.25, 0.3) is 0 Å². The lowest BCUT2D eigenvalue weighted by Crippen LogP contribution is -2.05. The van der Waals surface area contributed by atoms with Crippen molar-refractivity contribution in [2.24, 2.45) is 0 Å². The zero-order valence-electron chi connectivity index (χ0n) is 16.9. The molecular weight excluding hydrogens is 396 g/mol. The van der Waals surface area contributed by atoms with Crippen molar-refractivity contribution < 1.29 is 28.8 Å². The number of hydrogen-bond donors (Lipinski definition) is 1. The normalized spacial score (nSPS) is 18.3. The molecule has 2 aromatic rings. The number of rotatable bonds is 8. The Morgan fingerprint density at radius 3 is 1.76 bits per heavy atom. The summed E-state index contributed by atoms with van der Waals surface area (Å²) in [7, 11) is 0. The molecule has 0 spiro atoms. The molecule has 7 heteroatoms. The predicted molar refractivity (Wildman–Crippen MR) is 113 cm³/mol. The van der Waals surface area contributed by atoms with Gasteiger partial charge in [-0.05, 0) is 38.1 Å². The summed E-state index contributed by atoms with van der Waals surface area (Å²) in [5, 5.41) is 9.12. The van der Waals surface area contributed by atoms with E-state index in [1.165, 1.54) is 0 Å². The molecular formula is C22H29ClO6. The highest BCUT2D eigenvalue weighted by molar-refractivity contribution is 6.18. The molecule has 4 rings (SSSR count). The van der Waals surface area contributed by atoms with Crippen LogP contribution >= 0.6 is 11.6 Å². The molecule has 0 aromatic heterocycles. The molecule has 0 saturated carbocycles. The monoisotopic (exact) mass is 424 g/mol. The Morgan fingerprint density at radius 1 is 0.828 bits per heavy atom. The second kappa shape index (κ2) is 13.1. The van der Waals surface area contributed by atoms with E-state index in [4.69, 9.17) is 40.4 Å². The first-order valence-corrected chi connectivity index (χ1v) is 10.3. The average molecular weight is 425 g/mol. The molecule has 6 nitrogen and oxygen atoms in total. The van der Waals surface area contributed by atoms with Crippen LogP contribution in [0.4, 0.5) is 0 Å². The fourth-order valence-electron chi connectivity index (χ4n) is 2.08. The molecule has 0 aliphatic carbocycles. The number of epoxide rings is 2. The Hall–Kier alpha value is -2.15. The Labute approximate surface area is 177 Å². The minimum absolute atomic E-state index is 0.198. The maximum Gasteiger partial charge on any atom is 0.161 e. The van der Waals surface area contributed by atoms with Crippen LogP contribution in [0.1, 0.15) is 13.8 Å². The van der Waals surface area contributed by atoms with Crippen LogP contribution in [0.15, 0.2) is 48.5 Å². The average Bonchev–Trinajstić information content (AvgIpc) is 3.65. The molecule has 2 aliphatic rings. The summed E-state index contributed by atoms with van der Waals surface area (Å²) in [6.07, 6.45) is 0.682. The minimum atomic E-state index is 0.198. The maximum absolute atomic E-state index is 9.12. The van der Waals surface area contributed by atoms with Gasteiger partial charge in [0, 0.05) is 0 Å². The van der Waals surface area contributed by atoms with Crippen LogP contribution in [0.5, 0.6) is 23.0 Å². The SMILES string of the molecule is CCOc1ccccc1O.CCOc1ccccc1OCC1CO1.ClCC1CO1. The van der Waals surface area contributed by atoms with E-state index < -0.39 is 0 Å². The number of alkyl halides is 1. The quantitative estimate of drug-likeness (QED) is 0.503. The Morgan fingerprint density at radius 2 is 1.31 bits per heavy atom. The topological polar surface area (TPSA) is 73.0 Å². The van der Waals surface area contributed by atoms with Crippen LogP contribution in [0.2, 0.25) is 0 Å². The van der Waals surface area contributed by atoms with Gasteiger partial charge in [-0.2, -0.15) is 0 Å². The number of phenolic OH excluding ortho intramolecular Hbond substituents is 1. The van der Waals surface area contributed by atoms with Gasteiger partial charge >= 0.3 is 0 Å². The molecule has 0 radical (unpaired) electrons. The first kappa shape index (κ1) is 23.1. The van der Waals surface area contributed by atoms with Crippen molar-refractivity contribution in [3.8, 4) is 23.0 Å². The predicted octanol–water partition coefficient (Wildman–Crippen LogP) is 4.28. The number of benzene rings is 2. The fraction of sp³-hybridized carbons (Fsp3) is 0.455. The second-order valence-corrected chi connectivity index (χ2v) is 6.47. The standard InChI is InChI=1S/C11H14O3.C8H10O2.C3H5ClO/c1-2-12-10-5-3-4-6-11(10)14-8-9-7-13-9;1-2-10-8-6-4-3-5-7(8)9;4-1-3-2-5-3/h3-6,9H,2,7-8H2,1H3;3-6,9H,2H2,1H3;3H,1-2H2. The molecule has 1 N–H and O–H groups in total. The van der Waals surface area contributed by atoms with Gasteiger partial charge in [0.1, 0.15) is 12.7 Å². The van der Waals surface area contributed by atoms with Crippen LogP contribution < -0.4 is 14.2 Å². The van der Waals surface area contributed by atoms with E-state index in [9.17, 15) is 0 Å². The molecule has 2 heterocycles. The highest BCUT2D eigenvalue weighted by Gasteiger charge is 2.23. The lowest BCUT2D eigenvalue weighted by molar-refractivity contribution is 0.245. The number of ether oxygens (including phenoxy) is 5. The molecule has 160 valence electrons. The Kier molecular flexibility index (Phi) is 10.5. The van der Waals surface area contributed by atoms with Gasteiger partial charge in [-0.3, -0.25) is 0 Å². The van der Waals surface area contributed by atoms with Gasteiger partial charge in [-0.15, -0.1) is 11.6 Å². The van der Waals surface area contributed by atoms with Gasteiger partial charge in [0.2, 0.25) is 0 Å². The van der Waals surface area contributed by atoms with E-state index >= 15 is 0 Å². The van der Waals surface area contributed by atoms with Crippen LogP contribution in [0, 0.1) is 0 Å². The van der Waals surface area contributed by atoms with E-state index in [-0.39, 0.29) is 11.9 Å². The lowest BCUT2D eigenvalue weighted by Gasteiger charge is -2.10. The first-order valence-electron chi connectivity index (χ1n) is 9.72. The third-order valence-electron chi connectivity index (χ3n) is 3.72. The van der Waals surface area contributed by atoms with Crippen molar-refractivity contribution >= 4 is 11.6 Å². The smallest absolute Gasteiger partial charge is 0.161 e. The minimum Gasteiger partial charge on any atom is -0.504 e.